The summed E-state index contributed by atoms with van der Waals surface area (Å²) in [6, 6.07) is 21.2. The second kappa shape index (κ2) is 7.92. The van der Waals surface area contributed by atoms with Gasteiger partial charge < -0.3 is 10.2 Å². The molecular weight excluding hydrogens is 352 g/mol. The molecule has 6 heteroatoms. The van der Waals surface area contributed by atoms with Crippen LogP contribution in [0.4, 0.5) is 5.69 Å². The van der Waals surface area contributed by atoms with Gasteiger partial charge in [-0.2, -0.15) is 0 Å². The van der Waals surface area contributed by atoms with E-state index >= 15 is 0 Å². The van der Waals surface area contributed by atoms with Crippen molar-refractivity contribution in [1.29, 1.82) is 0 Å². The van der Waals surface area contributed by atoms with Crippen molar-refractivity contribution < 1.29 is 4.84 Å². The number of aryl methyl sites for hydroxylation is 1. The molecule has 28 heavy (non-hydrogen) atoms. The molecular formula is C22H20N4O2. The molecule has 0 saturated heterocycles. The number of fused-ring (bicyclic) bond motifs is 1. The lowest BCUT2D eigenvalue weighted by atomic mass is 10.2. The molecule has 0 saturated carbocycles. The Hall–Kier alpha value is -3.67. The highest BCUT2D eigenvalue weighted by molar-refractivity contribution is 5.88. The van der Waals surface area contributed by atoms with E-state index in [1.54, 1.807) is 13.1 Å². The molecule has 2 heterocycles. The molecule has 0 atom stereocenters. The zero-order valence-electron chi connectivity index (χ0n) is 15.5. The molecule has 4 aromatic rings. The normalized spacial score (nSPS) is 10.8. The Morgan fingerprint density at radius 1 is 1.00 bits per heavy atom. The van der Waals surface area contributed by atoms with E-state index in [-0.39, 0.29) is 12.2 Å². The van der Waals surface area contributed by atoms with Gasteiger partial charge >= 0.3 is 0 Å². The minimum Gasteiger partial charge on any atom is -0.404 e. The highest BCUT2D eigenvalue weighted by atomic mass is 16.7. The molecule has 0 aliphatic carbocycles. The third-order valence-corrected chi connectivity index (χ3v) is 4.37. The fourth-order valence-corrected chi connectivity index (χ4v) is 2.94. The van der Waals surface area contributed by atoms with Crippen LogP contribution in [0.2, 0.25) is 0 Å². The Labute approximate surface area is 162 Å². The number of rotatable bonds is 6. The number of hydrogen-bond acceptors (Lipinski definition) is 5. The van der Waals surface area contributed by atoms with Crippen LogP contribution in [0.5, 0.6) is 0 Å². The van der Waals surface area contributed by atoms with Crippen molar-refractivity contribution in [3.05, 3.63) is 100 Å². The summed E-state index contributed by atoms with van der Waals surface area (Å²) < 4.78 is 1.24. The highest BCUT2D eigenvalue weighted by Gasteiger charge is 2.12. The summed E-state index contributed by atoms with van der Waals surface area (Å²) in [6.07, 6.45) is 1.72. The average molecular weight is 372 g/mol. The second-order valence-corrected chi connectivity index (χ2v) is 6.44. The van der Waals surface area contributed by atoms with Crippen molar-refractivity contribution in [1.82, 2.24) is 14.7 Å². The summed E-state index contributed by atoms with van der Waals surface area (Å²) in [5.41, 5.74) is 2.94. The Morgan fingerprint density at radius 2 is 1.68 bits per heavy atom. The summed E-state index contributed by atoms with van der Waals surface area (Å²) in [5.74, 6) is 0.573. The minimum atomic E-state index is -0.280. The molecule has 0 aliphatic heterocycles. The molecule has 140 valence electrons. The maximum absolute atomic E-state index is 12.7. The van der Waals surface area contributed by atoms with E-state index in [4.69, 9.17) is 4.84 Å². The number of anilines is 1. The van der Waals surface area contributed by atoms with E-state index in [0.29, 0.717) is 23.7 Å². The van der Waals surface area contributed by atoms with Crippen molar-refractivity contribution in [3.8, 4) is 0 Å². The summed E-state index contributed by atoms with van der Waals surface area (Å²) in [6.45, 7) is 2.66. The molecule has 0 radical (unpaired) electrons. The molecule has 6 nitrogen and oxygen atoms in total. The third-order valence-electron chi connectivity index (χ3n) is 4.37. The lowest BCUT2D eigenvalue weighted by molar-refractivity contribution is 0.0979. The Kier molecular flexibility index (Phi) is 5.01. The standard InChI is InChI=1S/C22H20N4O2/c1-16-23-14-19-20(24-13-17-8-4-2-5-9-17)12-21(27)26(22(19)25-16)28-15-18-10-6-3-7-11-18/h2-12,14,24H,13,15H2,1H3. The van der Waals surface area contributed by atoms with Crippen LogP contribution in [0.3, 0.4) is 0 Å². The molecule has 0 aliphatic rings. The van der Waals surface area contributed by atoms with E-state index in [2.05, 4.69) is 15.3 Å². The molecule has 0 spiro atoms. The van der Waals surface area contributed by atoms with E-state index in [0.717, 1.165) is 16.5 Å². The SMILES string of the molecule is Cc1ncc2c(NCc3ccccc3)cc(=O)n(OCc3ccccc3)c2n1. The van der Waals surface area contributed by atoms with Gasteiger partial charge in [-0.3, -0.25) is 4.79 Å². The van der Waals surface area contributed by atoms with E-state index < -0.39 is 0 Å². The van der Waals surface area contributed by atoms with Crippen LogP contribution >= 0.6 is 0 Å². The van der Waals surface area contributed by atoms with Gasteiger partial charge in [-0.25, -0.2) is 9.97 Å². The zero-order valence-corrected chi connectivity index (χ0v) is 15.5. The fraction of sp³-hybridized carbons (Fsp3) is 0.136. The van der Waals surface area contributed by atoms with Crippen LogP contribution in [-0.2, 0) is 13.2 Å². The molecule has 0 bridgehead atoms. The smallest absolute Gasteiger partial charge is 0.287 e. The Balaban J connectivity index is 1.68. The van der Waals surface area contributed by atoms with Crippen molar-refractivity contribution in [2.75, 3.05) is 5.32 Å². The van der Waals surface area contributed by atoms with Gasteiger partial charge in [0.15, 0.2) is 5.65 Å². The Morgan fingerprint density at radius 3 is 2.39 bits per heavy atom. The first-order valence-electron chi connectivity index (χ1n) is 9.05. The first-order valence-corrected chi connectivity index (χ1v) is 9.05. The largest absolute Gasteiger partial charge is 0.404 e. The van der Waals surface area contributed by atoms with Crippen LogP contribution in [-0.4, -0.2) is 14.7 Å². The van der Waals surface area contributed by atoms with Crippen LogP contribution in [0.1, 0.15) is 17.0 Å². The lowest BCUT2D eigenvalue weighted by Crippen LogP contribution is -2.28. The molecule has 1 N–H and O–H groups in total. The van der Waals surface area contributed by atoms with Gasteiger partial charge in [0.25, 0.3) is 5.56 Å². The van der Waals surface area contributed by atoms with Gasteiger partial charge in [-0.1, -0.05) is 60.7 Å². The van der Waals surface area contributed by atoms with Crippen molar-refractivity contribution >= 4 is 16.7 Å². The van der Waals surface area contributed by atoms with Crippen LogP contribution in [0, 0.1) is 6.92 Å². The summed E-state index contributed by atoms with van der Waals surface area (Å²) in [7, 11) is 0. The third kappa shape index (κ3) is 3.86. The van der Waals surface area contributed by atoms with Crippen molar-refractivity contribution in [2.24, 2.45) is 0 Å². The predicted octanol–water partition coefficient (Wildman–Crippen LogP) is 3.34. The van der Waals surface area contributed by atoms with Crippen LogP contribution in [0.15, 0.2) is 77.7 Å². The summed E-state index contributed by atoms with van der Waals surface area (Å²) >= 11 is 0. The second-order valence-electron chi connectivity index (χ2n) is 6.44. The van der Waals surface area contributed by atoms with Crippen molar-refractivity contribution in [3.63, 3.8) is 0 Å². The van der Waals surface area contributed by atoms with Gasteiger partial charge in [0.2, 0.25) is 0 Å². The first-order chi connectivity index (χ1) is 13.7. The predicted molar refractivity (Wildman–Crippen MR) is 109 cm³/mol. The molecule has 2 aromatic carbocycles. The van der Waals surface area contributed by atoms with Gasteiger partial charge in [0, 0.05) is 18.8 Å². The maximum atomic E-state index is 12.7. The molecule has 0 unspecified atom stereocenters. The van der Waals surface area contributed by atoms with Crippen molar-refractivity contribution in [2.45, 2.75) is 20.1 Å². The topological polar surface area (TPSA) is 69.0 Å². The van der Waals surface area contributed by atoms with Gasteiger partial charge in [0.1, 0.15) is 12.4 Å². The van der Waals surface area contributed by atoms with Gasteiger partial charge in [0.05, 0.1) is 11.1 Å². The summed E-state index contributed by atoms with van der Waals surface area (Å²) in [4.78, 5) is 27.3. The number of nitrogens with one attached hydrogen (secondary N) is 1. The van der Waals surface area contributed by atoms with Crippen LogP contribution in [0.25, 0.3) is 11.0 Å². The quantitative estimate of drug-likeness (QED) is 0.562. The van der Waals surface area contributed by atoms with E-state index in [9.17, 15) is 4.79 Å². The monoisotopic (exact) mass is 372 g/mol. The van der Waals surface area contributed by atoms with Crippen LogP contribution < -0.4 is 15.7 Å². The molecule has 4 rings (SSSR count). The number of pyridine rings is 1. The van der Waals surface area contributed by atoms with E-state index in [1.807, 2.05) is 60.7 Å². The number of nitrogens with zero attached hydrogens (tertiary/aromatic N) is 3. The van der Waals surface area contributed by atoms with Gasteiger partial charge in [-0.15, -0.1) is 4.73 Å². The lowest BCUT2D eigenvalue weighted by Gasteiger charge is -2.14. The minimum absolute atomic E-state index is 0.273. The highest BCUT2D eigenvalue weighted by Crippen LogP contribution is 2.20. The first kappa shape index (κ1) is 17.7. The maximum Gasteiger partial charge on any atom is 0.287 e. The fourth-order valence-electron chi connectivity index (χ4n) is 2.94. The molecule has 0 fully saturated rings. The molecule has 2 aromatic heterocycles. The number of benzene rings is 2. The molecule has 0 amide bonds. The summed E-state index contributed by atoms with van der Waals surface area (Å²) in [5, 5.41) is 4.05. The average Bonchev–Trinajstić information content (AvgIpc) is 2.73. The Bertz CT molecular complexity index is 1140. The number of hydrogen-bond donors (Lipinski definition) is 1. The number of aromatic nitrogens is 3. The van der Waals surface area contributed by atoms with E-state index in [1.165, 1.54) is 10.8 Å². The zero-order chi connectivity index (χ0) is 19.3. The van der Waals surface area contributed by atoms with Gasteiger partial charge in [-0.05, 0) is 18.1 Å².